The zero-order chi connectivity index (χ0) is 18.3. The van der Waals surface area contributed by atoms with E-state index in [2.05, 4.69) is 10.3 Å². The maximum atomic E-state index is 12.0. The molecule has 0 bridgehead atoms. The van der Waals surface area contributed by atoms with Crippen LogP contribution in [0.1, 0.15) is 15.9 Å². The smallest absolute Gasteiger partial charge is 0.252 e. The van der Waals surface area contributed by atoms with E-state index in [1.54, 1.807) is 37.6 Å². The van der Waals surface area contributed by atoms with Gasteiger partial charge in [-0.1, -0.05) is 12.1 Å². The van der Waals surface area contributed by atoms with E-state index in [1.807, 2.05) is 12.1 Å². The molecule has 7 nitrogen and oxygen atoms in total. The molecule has 0 spiro atoms. The van der Waals surface area contributed by atoms with Crippen LogP contribution in [0, 0.1) is 0 Å². The quantitative estimate of drug-likeness (QED) is 0.763. The largest absolute Gasteiger partial charge is 0.497 e. The number of carbonyl (C=O) groups excluding carboxylic acids is 1. The van der Waals surface area contributed by atoms with Gasteiger partial charge >= 0.3 is 0 Å². The number of methoxy groups -OCH3 is 1. The Bertz CT molecular complexity index is 792. The number of amides is 1. The van der Waals surface area contributed by atoms with Crippen LogP contribution in [0.25, 0.3) is 0 Å². The summed E-state index contributed by atoms with van der Waals surface area (Å²) >= 11 is 0. The maximum Gasteiger partial charge on any atom is 0.252 e. The minimum absolute atomic E-state index is 0.177. The highest BCUT2D eigenvalue weighted by molar-refractivity contribution is 7.88. The van der Waals surface area contributed by atoms with E-state index < -0.39 is 10.0 Å². The molecule has 1 amide bonds. The molecule has 0 radical (unpaired) electrons. The number of benzene rings is 1. The lowest BCUT2D eigenvalue weighted by molar-refractivity contribution is 0.0951. The Balaban J connectivity index is 1.95. The summed E-state index contributed by atoms with van der Waals surface area (Å²) in [5, 5.41) is 2.70. The van der Waals surface area contributed by atoms with Crippen molar-refractivity contribution >= 4 is 15.9 Å². The molecule has 1 aromatic carbocycles. The molecule has 2 aromatic rings. The van der Waals surface area contributed by atoms with E-state index >= 15 is 0 Å². The van der Waals surface area contributed by atoms with Crippen LogP contribution in [0.4, 0.5) is 0 Å². The number of hydrogen-bond donors (Lipinski definition) is 1. The molecular weight excluding hydrogens is 342 g/mol. The molecule has 2 rings (SSSR count). The minimum Gasteiger partial charge on any atom is -0.497 e. The van der Waals surface area contributed by atoms with Crippen LogP contribution in [0.2, 0.25) is 0 Å². The molecule has 0 atom stereocenters. The number of carbonyl (C=O) groups is 1. The third-order valence-electron chi connectivity index (χ3n) is 3.56. The second-order valence-electron chi connectivity index (χ2n) is 5.44. The fourth-order valence-corrected chi connectivity index (χ4v) is 3.00. The summed E-state index contributed by atoms with van der Waals surface area (Å²) < 4.78 is 30.4. The van der Waals surface area contributed by atoms with Gasteiger partial charge in [0.25, 0.3) is 5.91 Å². The lowest BCUT2D eigenvalue weighted by atomic mass is 10.2. The van der Waals surface area contributed by atoms with E-state index in [9.17, 15) is 13.2 Å². The Hall–Kier alpha value is -2.45. The van der Waals surface area contributed by atoms with E-state index in [0.717, 1.165) is 11.8 Å². The van der Waals surface area contributed by atoms with Crippen molar-refractivity contribution in [2.75, 3.05) is 26.5 Å². The number of ether oxygens (including phenoxy) is 1. The summed E-state index contributed by atoms with van der Waals surface area (Å²) in [7, 11) is -1.83. The third kappa shape index (κ3) is 5.84. The summed E-state index contributed by atoms with van der Waals surface area (Å²) in [6.45, 7) is 0.611. The first kappa shape index (κ1) is 18.9. The highest BCUT2D eigenvalue weighted by Gasteiger charge is 2.17. The zero-order valence-electron chi connectivity index (χ0n) is 14.2. The number of rotatable bonds is 8. The monoisotopic (exact) mass is 363 g/mol. The minimum atomic E-state index is -3.40. The molecule has 1 aromatic heterocycles. The van der Waals surface area contributed by atoms with E-state index in [1.165, 1.54) is 10.5 Å². The number of nitrogens with zero attached hydrogens (tertiary/aromatic N) is 2. The van der Waals surface area contributed by atoms with Gasteiger partial charge in [-0.2, -0.15) is 4.31 Å². The Morgan fingerprint density at radius 1 is 1.24 bits per heavy atom. The van der Waals surface area contributed by atoms with Crippen LogP contribution in [0.15, 0.2) is 48.8 Å². The summed E-state index contributed by atoms with van der Waals surface area (Å²) in [4.78, 5) is 15.9. The van der Waals surface area contributed by atoms with Crippen molar-refractivity contribution in [3.63, 3.8) is 0 Å². The van der Waals surface area contributed by atoms with Gasteiger partial charge in [0.2, 0.25) is 10.0 Å². The van der Waals surface area contributed by atoms with Crippen molar-refractivity contribution in [3.8, 4) is 5.75 Å². The van der Waals surface area contributed by atoms with Crippen molar-refractivity contribution < 1.29 is 17.9 Å². The van der Waals surface area contributed by atoms with Gasteiger partial charge in [0.15, 0.2) is 0 Å². The molecule has 134 valence electrons. The van der Waals surface area contributed by atoms with Crippen LogP contribution < -0.4 is 10.1 Å². The van der Waals surface area contributed by atoms with Gasteiger partial charge in [-0.15, -0.1) is 0 Å². The van der Waals surface area contributed by atoms with Crippen molar-refractivity contribution in [1.29, 1.82) is 0 Å². The van der Waals surface area contributed by atoms with E-state index in [-0.39, 0.29) is 25.5 Å². The first-order chi connectivity index (χ1) is 11.9. The van der Waals surface area contributed by atoms with Crippen molar-refractivity contribution in [3.05, 3.63) is 59.9 Å². The molecule has 25 heavy (non-hydrogen) atoms. The molecule has 1 heterocycles. The van der Waals surface area contributed by atoms with Crippen LogP contribution >= 0.6 is 0 Å². The average molecular weight is 363 g/mol. The van der Waals surface area contributed by atoms with E-state index in [0.29, 0.717) is 11.3 Å². The topological polar surface area (TPSA) is 88.6 Å². The average Bonchev–Trinajstić information content (AvgIpc) is 2.61. The van der Waals surface area contributed by atoms with Crippen LogP contribution in [-0.2, 0) is 16.6 Å². The lowest BCUT2D eigenvalue weighted by Crippen LogP contribution is -2.37. The highest BCUT2D eigenvalue weighted by atomic mass is 32.2. The molecule has 0 unspecified atom stereocenters. The van der Waals surface area contributed by atoms with Crippen molar-refractivity contribution in [2.24, 2.45) is 0 Å². The number of nitrogens with one attached hydrogen (secondary N) is 1. The van der Waals surface area contributed by atoms with Crippen molar-refractivity contribution in [2.45, 2.75) is 6.54 Å². The normalized spacial score (nSPS) is 11.3. The SMILES string of the molecule is COc1ccc(CN(CCNC(=O)c2cccnc2)S(C)(=O)=O)cc1. The predicted octanol–water partition coefficient (Wildman–Crippen LogP) is 1.28. The van der Waals surface area contributed by atoms with Gasteiger partial charge in [0.1, 0.15) is 5.75 Å². The number of pyridine rings is 1. The van der Waals surface area contributed by atoms with Gasteiger partial charge in [0.05, 0.1) is 18.9 Å². The Morgan fingerprint density at radius 2 is 1.96 bits per heavy atom. The first-order valence-electron chi connectivity index (χ1n) is 7.66. The fraction of sp³-hybridized carbons (Fsp3) is 0.294. The molecule has 0 saturated heterocycles. The van der Waals surface area contributed by atoms with E-state index in [4.69, 9.17) is 4.74 Å². The summed E-state index contributed by atoms with van der Waals surface area (Å²) in [6, 6.07) is 10.5. The molecule has 0 aliphatic carbocycles. The summed E-state index contributed by atoms with van der Waals surface area (Å²) in [5.74, 6) is 0.421. The van der Waals surface area contributed by atoms with Gasteiger partial charge < -0.3 is 10.1 Å². The second kappa shape index (κ2) is 8.59. The molecule has 0 aliphatic rings. The maximum absolute atomic E-state index is 12.0. The Labute approximate surface area is 147 Å². The second-order valence-corrected chi connectivity index (χ2v) is 7.42. The zero-order valence-corrected chi connectivity index (χ0v) is 15.0. The number of aromatic nitrogens is 1. The lowest BCUT2D eigenvalue weighted by Gasteiger charge is -2.20. The van der Waals surface area contributed by atoms with Crippen LogP contribution in [0.5, 0.6) is 5.75 Å². The van der Waals surface area contributed by atoms with Gasteiger partial charge in [0, 0.05) is 32.0 Å². The molecule has 0 saturated carbocycles. The Morgan fingerprint density at radius 3 is 2.52 bits per heavy atom. The highest BCUT2D eigenvalue weighted by Crippen LogP contribution is 2.14. The number of sulfonamides is 1. The molecule has 0 aliphatic heterocycles. The fourth-order valence-electron chi connectivity index (χ4n) is 2.19. The van der Waals surface area contributed by atoms with Crippen LogP contribution in [0.3, 0.4) is 0 Å². The standard InChI is InChI=1S/C17H21N3O4S/c1-24-16-7-5-14(6-8-16)13-20(25(2,22)23)11-10-19-17(21)15-4-3-9-18-12-15/h3-9,12H,10-11,13H2,1-2H3,(H,19,21). The number of hydrogen-bond acceptors (Lipinski definition) is 5. The third-order valence-corrected chi connectivity index (χ3v) is 4.81. The Kier molecular flexibility index (Phi) is 6.49. The van der Waals surface area contributed by atoms with Crippen LogP contribution in [-0.4, -0.2) is 50.1 Å². The molecule has 0 fully saturated rings. The molecular formula is C17H21N3O4S. The van der Waals surface area contributed by atoms with Gasteiger partial charge in [-0.25, -0.2) is 8.42 Å². The molecule has 8 heteroatoms. The first-order valence-corrected chi connectivity index (χ1v) is 9.51. The van der Waals surface area contributed by atoms with Gasteiger partial charge in [-0.05, 0) is 29.8 Å². The van der Waals surface area contributed by atoms with Gasteiger partial charge in [-0.3, -0.25) is 9.78 Å². The summed E-state index contributed by atoms with van der Waals surface area (Å²) in [6.07, 6.45) is 4.19. The van der Waals surface area contributed by atoms with Crippen molar-refractivity contribution in [1.82, 2.24) is 14.6 Å². The predicted molar refractivity (Wildman–Crippen MR) is 94.8 cm³/mol. The summed E-state index contributed by atoms with van der Waals surface area (Å²) in [5.41, 5.74) is 1.27. The molecule has 1 N–H and O–H groups in total.